The van der Waals surface area contributed by atoms with Gasteiger partial charge < -0.3 is 19.7 Å². The summed E-state index contributed by atoms with van der Waals surface area (Å²) >= 11 is 0. The summed E-state index contributed by atoms with van der Waals surface area (Å²) in [5, 5.41) is 22.0. The smallest absolute Gasteiger partial charge is 0.475 e. The Morgan fingerprint density at radius 1 is 1.33 bits per heavy atom. The average molecular weight is 547 g/mol. The number of anilines is 1. The topological polar surface area (TPSA) is 159 Å². The molecule has 4 aromatic rings. The van der Waals surface area contributed by atoms with Crippen molar-refractivity contribution in [3.63, 3.8) is 0 Å². The number of carboxylic acids is 1. The number of aromatic nitrogens is 7. The van der Waals surface area contributed by atoms with Gasteiger partial charge in [-0.2, -0.15) is 28.5 Å². The number of rotatable bonds is 6. The molecule has 5 heterocycles. The minimum absolute atomic E-state index is 0.0976. The first-order chi connectivity index (χ1) is 18.6. The average Bonchev–Trinajstić information content (AvgIpc) is 3.68. The van der Waals surface area contributed by atoms with Gasteiger partial charge in [0.1, 0.15) is 12.0 Å². The van der Waals surface area contributed by atoms with Crippen LogP contribution in [-0.2, 0) is 4.79 Å². The van der Waals surface area contributed by atoms with Crippen LogP contribution in [0.5, 0.6) is 6.01 Å². The van der Waals surface area contributed by atoms with Crippen molar-refractivity contribution >= 4 is 22.8 Å². The van der Waals surface area contributed by atoms with Gasteiger partial charge >= 0.3 is 18.2 Å². The first-order valence-electron chi connectivity index (χ1n) is 11.4. The number of aliphatic carboxylic acids is 1. The summed E-state index contributed by atoms with van der Waals surface area (Å²) in [4.78, 5) is 30.5. The van der Waals surface area contributed by atoms with Crippen LogP contribution in [0.3, 0.4) is 0 Å². The molecule has 1 saturated heterocycles. The Hall–Kier alpha value is -4.81. The van der Waals surface area contributed by atoms with Crippen molar-refractivity contribution in [1.29, 1.82) is 5.26 Å². The van der Waals surface area contributed by atoms with Crippen LogP contribution in [0.2, 0.25) is 0 Å². The number of hydrogen-bond donors (Lipinski definition) is 2. The minimum atomic E-state index is -5.08. The molecule has 1 aliphatic rings. The molecule has 204 valence electrons. The number of carbonyl (C=O) groups is 1. The molecule has 16 heteroatoms. The van der Waals surface area contributed by atoms with E-state index in [2.05, 4.69) is 36.1 Å². The number of ether oxygens (including phenoxy) is 1. The van der Waals surface area contributed by atoms with Gasteiger partial charge in [0.15, 0.2) is 11.6 Å². The number of nitrogens with zero attached hydrogens (tertiary/aromatic N) is 8. The van der Waals surface area contributed by atoms with Gasteiger partial charge in [0.05, 0.1) is 43.7 Å². The van der Waals surface area contributed by atoms with Crippen LogP contribution >= 0.6 is 0 Å². The number of halogens is 4. The fourth-order valence-corrected chi connectivity index (χ4v) is 4.27. The molecule has 0 spiro atoms. The number of alkyl halides is 3. The summed E-state index contributed by atoms with van der Waals surface area (Å²) in [6, 6.07) is 4.16. The second-order valence-electron chi connectivity index (χ2n) is 8.43. The Bertz CT molecular complexity index is 1500. The number of carboxylic acid groups (broad SMARTS) is 1. The SMILES string of the molecule is COc1ncc(F)c(N2CC[C@H]([C@H](CC#N)n3cc(-c4ncnc5[nH]ccc45)cn3)C2)n1.O=C(O)C(F)(F)F. The molecule has 0 bridgehead atoms. The van der Waals surface area contributed by atoms with Crippen molar-refractivity contribution in [1.82, 2.24) is 34.7 Å². The first kappa shape index (κ1) is 27.2. The van der Waals surface area contributed by atoms with Crippen molar-refractivity contribution in [2.24, 2.45) is 5.92 Å². The van der Waals surface area contributed by atoms with E-state index in [9.17, 15) is 22.8 Å². The summed E-state index contributed by atoms with van der Waals surface area (Å²) in [6.45, 7) is 1.17. The van der Waals surface area contributed by atoms with E-state index in [-0.39, 0.29) is 23.8 Å². The lowest BCUT2D eigenvalue weighted by Crippen LogP contribution is -2.26. The van der Waals surface area contributed by atoms with Crippen molar-refractivity contribution in [3.05, 3.63) is 43.0 Å². The predicted octanol–water partition coefficient (Wildman–Crippen LogP) is 3.37. The first-order valence-corrected chi connectivity index (χ1v) is 11.4. The van der Waals surface area contributed by atoms with E-state index in [1.54, 1.807) is 6.20 Å². The minimum Gasteiger partial charge on any atom is -0.475 e. The normalized spacial score (nSPS) is 15.9. The van der Waals surface area contributed by atoms with E-state index in [1.165, 1.54) is 13.4 Å². The number of hydrogen-bond acceptors (Lipinski definition) is 9. The Morgan fingerprint density at radius 3 is 2.79 bits per heavy atom. The highest BCUT2D eigenvalue weighted by molar-refractivity contribution is 5.89. The number of nitriles is 1. The molecule has 5 rings (SSSR count). The van der Waals surface area contributed by atoms with Crippen LogP contribution < -0.4 is 9.64 Å². The number of methoxy groups -OCH3 is 1. The standard InChI is InChI=1S/C21H20FN9O.C2HF3O2/c1-32-21-25-9-16(22)20(29-21)30-7-4-13(10-30)17(2-5-23)31-11-14(8-28-31)18-15-3-6-24-19(15)27-12-26-18;3-2(4,5)1(6)7/h3,6,8-9,11-13,17H,2,4,7,10H2,1H3,(H,24,26,27);(H,6,7)/t13-,17-;/m0./s1. The summed E-state index contributed by atoms with van der Waals surface area (Å²) in [6.07, 6.45) is 4.10. The zero-order chi connectivity index (χ0) is 28.2. The van der Waals surface area contributed by atoms with Gasteiger partial charge in [-0.3, -0.25) is 4.68 Å². The van der Waals surface area contributed by atoms with Crippen LogP contribution in [0, 0.1) is 23.1 Å². The highest BCUT2D eigenvalue weighted by Gasteiger charge is 2.38. The van der Waals surface area contributed by atoms with Crippen LogP contribution in [0.1, 0.15) is 18.9 Å². The zero-order valence-corrected chi connectivity index (χ0v) is 20.3. The molecular weight excluding hydrogens is 526 g/mol. The van der Waals surface area contributed by atoms with Gasteiger partial charge in [-0.15, -0.1) is 0 Å². The summed E-state index contributed by atoms with van der Waals surface area (Å²) in [7, 11) is 1.45. The number of nitrogens with one attached hydrogen (secondary N) is 1. The molecule has 0 amide bonds. The van der Waals surface area contributed by atoms with Gasteiger partial charge in [-0.05, 0) is 12.5 Å². The predicted molar refractivity (Wildman–Crippen MR) is 127 cm³/mol. The maximum atomic E-state index is 14.3. The maximum Gasteiger partial charge on any atom is 0.490 e. The number of aromatic amines is 1. The molecule has 0 aliphatic carbocycles. The van der Waals surface area contributed by atoms with Gasteiger partial charge in [0.2, 0.25) is 0 Å². The Balaban J connectivity index is 0.000000448. The van der Waals surface area contributed by atoms with E-state index in [4.69, 9.17) is 14.6 Å². The van der Waals surface area contributed by atoms with Crippen LogP contribution in [0.15, 0.2) is 37.2 Å². The molecular formula is C23H21F4N9O3. The molecule has 39 heavy (non-hydrogen) atoms. The van der Waals surface area contributed by atoms with E-state index in [1.807, 2.05) is 28.0 Å². The third kappa shape index (κ3) is 6.03. The molecule has 2 atom stereocenters. The number of H-pyrrole nitrogens is 1. The monoisotopic (exact) mass is 547 g/mol. The van der Waals surface area contributed by atoms with Crippen LogP contribution in [-0.4, -0.2) is 72.2 Å². The van der Waals surface area contributed by atoms with E-state index < -0.39 is 18.0 Å². The van der Waals surface area contributed by atoms with Crippen molar-refractivity contribution in [3.8, 4) is 23.3 Å². The zero-order valence-electron chi connectivity index (χ0n) is 20.3. The summed E-state index contributed by atoms with van der Waals surface area (Å²) in [5.41, 5.74) is 2.38. The highest BCUT2D eigenvalue weighted by Crippen LogP contribution is 2.34. The summed E-state index contributed by atoms with van der Waals surface area (Å²) < 4.78 is 52.9. The molecule has 1 aliphatic heterocycles. The molecule has 0 unspecified atom stereocenters. The third-order valence-corrected chi connectivity index (χ3v) is 6.07. The Morgan fingerprint density at radius 2 is 2.10 bits per heavy atom. The van der Waals surface area contributed by atoms with E-state index in [0.717, 1.165) is 34.9 Å². The van der Waals surface area contributed by atoms with Gasteiger partial charge in [0, 0.05) is 42.4 Å². The number of fused-ring (bicyclic) bond motifs is 1. The lowest BCUT2D eigenvalue weighted by molar-refractivity contribution is -0.192. The fraction of sp³-hybridized carbons (Fsp3) is 0.348. The fourth-order valence-electron chi connectivity index (χ4n) is 4.27. The second kappa shape index (κ2) is 11.3. The van der Waals surface area contributed by atoms with Gasteiger partial charge in [0.25, 0.3) is 0 Å². The van der Waals surface area contributed by atoms with Crippen LogP contribution in [0.25, 0.3) is 22.3 Å². The van der Waals surface area contributed by atoms with E-state index in [0.29, 0.717) is 19.5 Å². The third-order valence-electron chi connectivity index (χ3n) is 6.07. The van der Waals surface area contributed by atoms with Crippen molar-refractivity contribution < 1.29 is 32.2 Å². The Kier molecular flexibility index (Phi) is 7.88. The lowest BCUT2D eigenvalue weighted by atomic mass is 9.96. The van der Waals surface area contributed by atoms with Gasteiger partial charge in [-0.25, -0.2) is 24.1 Å². The second-order valence-corrected chi connectivity index (χ2v) is 8.43. The molecule has 0 aromatic carbocycles. The summed E-state index contributed by atoms with van der Waals surface area (Å²) in [5.74, 6) is -2.94. The van der Waals surface area contributed by atoms with Gasteiger partial charge in [-0.1, -0.05) is 0 Å². The quantitative estimate of drug-likeness (QED) is 0.343. The largest absolute Gasteiger partial charge is 0.490 e. The van der Waals surface area contributed by atoms with E-state index >= 15 is 0 Å². The van der Waals surface area contributed by atoms with Crippen LogP contribution in [0.4, 0.5) is 23.4 Å². The highest BCUT2D eigenvalue weighted by atomic mass is 19.4. The molecule has 0 radical (unpaired) electrons. The molecule has 0 saturated carbocycles. The lowest BCUT2D eigenvalue weighted by Gasteiger charge is -2.23. The van der Waals surface area contributed by atoms with Crippen molar-refractivity contribution in [2.75, 3.05) is 25.1 Å². The molecule has 4 aromatic heterocycles. The Labute approximate surface area is 217 Å². The molecule has 12 nitrogen and oxygen atoms in total. The maximum absolute atomic E-state index is 14.3. The molecule has 2 N–H and O–H groups in total. The molecule has 1 fully saturated rings. The van der Waals surface area contributed by atoms with Crippen molar-refractivity contribution in [2.45, 2.75) is 25.1 Å².